The molecule has 1 saturated carbocycles. The molecule has 1 aromatic carbocycles. The summed E-state index contributed by atoms with van der Waals surface area (Å²) in [7, 11) is 0. The van der Waals surface area contributed by atoms with Crippen molar-refractivity contribution in [3.63, 3.8) is 0 Å². The number of hydrogen-bond donors (Lipinski definition) is 2. The number of nitrogen functional groups attached to an aromatic ring is 1. The lowest BCUT2D eigenvalue weighted by atomic mass is 10.1. The smallest absolute Gasteiger partial charge is 0.251 e. The van der Waals surface area contributed by atoms with E-state index in [0.29, 0.717) is 40.9 Å². The first-order valence-corrected chi connectivity index (χ1v) is 8.48. The number of benzene rings is 1. The van der Waals surface area contributed by atoms with Crippen LogP contribution in [0.1, 0.15) is 30.1 Å². The summed E-state index contributed by atoms with van der Waals surface area (Å²) < 4.78 is 5.51. The molecule has 0 atom stereocenters. The van der Waals surface area contributed by atoms with Gasteiger partial charge in [0.2, 0.25) is 11.8 Å². The van der Waals surface area contributed by atoms with E-state index >= 15 is 0 Å². The topological polar surface area (TPSA) is 116 Å². The molecular formula is C18H18N6O2. The van der Waals surface area contributed by atoms with Crippen LogP contribution >= 0.6 is 0 Å². The third-order valence-corrected chi connectivity index (χ3v) is 4.01. The van der Waals surface area contributed by atoms with Crippen LogP contribution in [-0.2, 0) is 0 Å². The number of anilines is 1. The lowest BCUT2D eigenvalue weighted by Crippen LogP contribution is -2.25. The Balaban J connectivity index is 1.73. The summed E-state index contributed by atoms with van der Waals surface area (Å²) >= 11 is 0. The lowest BCUT2D eigenvalue weighted by molar-refractivity contribution is 0.0951. The number of nitrogens with one attached hydrogen (secondary N) is 1. The Bertz CT molecular complexity index is 987. The van der Waals surface area contributed by atoms with Crippen molar-refractivity contribution in [2.24, 2.45) is 0 Å². The highest BCUT2D eigenvalue weighted by molar-refractivity contribution is 5.95. The van der Waals surface area contributed by atoms with E-state index in [-0.39, 0.29) is 11.9 Å². The molecule has 0 saturated heterocycles. The molecule has 0 radical (unpaired) electrons. The van der Waals surface area contributed by atoms with Gasteiger partial charge in [0, 0.05) is 17.2 Å². The molecule has 1 aliphatic carbocycles. The number of aromatic nitrogens is 4. The van der Waals surface area contributed by atoms with Gasteiger partial charge < -0.3 is 15.8 Å². The van der Waals surface area contributed by atoms with Crippen LogP contribution in [0.15, 0.2) is 30.5 Å². The minimum Gasteiger partial charge on any atom is -0.476 e. The maximum atomic E-state index is 12.3. The number of amides is 1. The Morgan fingerprint density at radius 1 is 1.31 bits per heavy atom. The van der Waals surface area contributed by atoms with Gasteiger partial charge in [-0.1, -0.05) is 12.1 Å². The SMILES string of the molecule is CCOc1nc(N)nc2ncc(-c3cccc(C(=O)NC4CC4)c3)nc12. The van der Waals surface area contributed by atoms with Crippen LogP contribution in [0, 0.1) is 0 Å². The number of rotatable bonds is 5. The maximum Gasteiger partial charge on any atom is 0.251 e. The molecule has 132 valence electrons. The Morgan fingerprint density at radius 2 is 2.15 bits per heavy atom. The third kappa shape index (κ3) is 3.26. The molecule has 0 unspecified atom stereocenters. The number of fused-ring (bicyclic) bond motifs is 1. The molecule has 8 nitrogen and oxygen atoms in total. The molecule has 0 aliphatic heterocycles. The molecule has 3 aromatic rings. The molecule has 1 amide bonds. The summed E-state index contributed by atoms with van der Waals surface area (Å²) in [6.45, 7) is 2.28. The standard InChI is InChI=1S/C18H18N6O2/c1-2-26-17-14-15(23-18(19)24-17)20-9-13(22-14)10-4-3-5-11(8-10)16(25)21-12-6-7-12/h3-5,8-9,12H,2,6-7H2,1H3,(H,21,25)(H2,19,20,23,24). The quantitative estimate of drug-likeness (QED) is 0.722. The van der Waals surface area contributed by atoms with Gasteiger partial charge in [-0.05, 0) is 31.9 Å². The fourth-order valence-corrected chi connectivity index (χ4v) is 2.59. The van der Waals surface area contributed by atoms with E-state index in [1.807, 2.05) is 19.1 Å². The molecule has 2 heterocycles. The van der Waals surface area contributed by atoms with Crippen molar-refractivity contribution in [1.82, 2.24) is 25.3 Å². The zero-order chi connectivity index (χ0) is 18.1. The van der Waals surface area contributed by atoms with Crippen LogP contribution in [0.2, 0.25) is 0 Å². The van der Waals surface area contributed by atoms with Crippen LogP contribution in [0.5, 0.6) is 5.88 Å². The van der Waals surface area contributed by atoms with Crippen LogP contribution in [-0.4, -0.2) is 38.5 Å². The van der Waals surface area contributed by atoms with E-state index in [9.17, 15) is 4.79 Å². The van der Waals surface area contributed by atoms with Gasteiger partial charge >= 0.3 is 0 Å². The minimum absolute atomic E-state index is 0.0748. The second-order valence-electron chi connectivity index (χ2n) is 6.08. The third-order valence-electron chi connectivity index (χ3n) is 4.01. The van der Waals surface area contributed by atoms with Gasteiger partial charge in [0.1, 0.15) is 0 Å². The lowest BCUT2D eigenvalue weighted by Gasteiger charge is -2.08. The Kier molecular flexibility index (Phi) is 4.08. The largest absolute Gasteiger partial charge is 0.476 e. The van der Waals surface area contributed by atoms with E-state index in [1.165, 1.54) is 0 Å². The van der Waals surface area contributed by atoms with Crippen molar-refractivity contribution in [3.8, 4) is 17.1 Å². The zero-order valence-electron chi connectivity index (χ0n) is 14.3. The first kappa shape index (κ1) is 16.2. The summed E-state index contributed by atoms with van der Waals surface area (Å²) in [6.07, 6.45) is 3.69. The summed E-state index contributed by atoms with van der Waals surface area (Å²) in [6, 6.07) is 7.59. The van der Waals surface area contributed by atoms with Gasteiger partial charge in [-0.25, -0.2) is 9.97 Å². The summed E-state index contributed by atoms with van der Waals surface area (Å²) in [5, 5.41) is 2.98. The molecule has 4 rings (SSSR count). The second-order valence-corrected chi connectivity index (χ2v) is 6.08. The molecule has 1 fully saturated rings. The predicted octanol–water partition coefficient (Wildman–Crippen LogP) is 1.96. The molecule has 0 bridgehead atoms. The fourth-order valence-electron chi connectivity index (χ4n) is 2.59. The molecule has 26 heavy (non-hydrogen) atoms. The van der Waals surface area contributed by atoms with Gasteiger partial charge in [-0.2, -0.15) is 9.97 Å². The van der Waals surface area contributed by atoms with Gasteiger partial charge in [0.25, 0.3) is 5.91 Å². The average molecular weight is 350 g/mol. The molecule has 1 aliphatic rings. The first-order valence-electron chi connectivity index (χ1n) is 8.48. The highest BCUT2D eigenvalue weighted by Gasteiger charge is 2.24. The van der Waals surface area contributed by atoms with Gasteiger partial charge in [-0.3, -0.25) is 4.79 Å². The molecular weight excluding hydrogens is 332 g/mol. The van der Waals surface area contributed by atoms with Crippen molar-refractivity contribution in [2.75, 3.05) is 12.3 Å². The zero-order valence-corrected chi connectivity index (χ0v) is 14.3. The Labute approximate surface area is 149 Å². The van der Waals surface area contributed by atoms with E-state index in [0.717, 1.165) is 18.4 Å². The van der Waals surface area contributed by atoms with Crippen molar-refractivity contribution in [3.05, 3.63) is 36.0 Å². The number of carbonyl (C=O) groups excluding carboxylic acids is 1. The monoisotopic (exact) mass is 350 g/mol. The van der Waals surface area contributed by atoms with Crippen LogP contribution in [0.4, 0.5) is 5.95 Å². The van der Waals surface area contributed by atoms with E-state index in [1.54, 1.807) is 18.3 Å². The highest BCUT2D eigenvalue weighted by atomic mass is 16.5. The number of nitrogens with two attached hydrogens (primary N) is 1. The number of carbonyl (C=O) groups is 1. The minimum atomic E-state index is -0.0748. The fraction of sp³-hybridized carbons (Fsp3) is 0.278. The van der Waals surface area contributed by atoms with Crippen molar-refractivity contribution >= 4 is 23.0 Å². The van der Waals surface area contributed by atoms with E-state index in [2.05, 4.69) is 25.3 Å². The molecule has 0 spiro atoms. The maximum absolute atomic E-state index is 12.3. The van der Waals surface area contributed by atoms with Gasteiger partial charge in [-0.15, -0.1) is 0 Å². The number of ether oxygens (including phenoxy) is 1. The second kappa shape index (κ2) is 6.55. The molecule has 8 heteroatoms. The Hall–Kier alpha value is -3.29. The number of hydrogen-bond acceptors (Lipinski definition) is 7. The average Bonchev–Trinajstić information content (AvgIpc) is 3.45. The summed E-state index contributed by atoms with van der Waals surface area (Å²) in [4.78, 5) is 29.3. The van der Waals surface area contributed by atoms with Crippen molar-refractivity contribution < 1.29 is 9.53 Å². The van der Waals surface area contributed by atoms with Crippen molar-refractivity contribution in [1.29, 1.82) is 0 Å². The number of nitrogens with zero attached hydrogens (tertiary/aromatic N) is 4. The summed E-state index contributed by atoms with van der Waals surface area (Å²) in [5.74, 6) is 0.308. The van der Waals surface area contributed by atoms with E-state index < -0.39 is 0 Å². The van der Waals surface area contributed by atoms with Crippen LogP contribution in [0.25, 0.3) is 22.4 Å². The predicted molar refractivity (Wildman–Crippen MR) is 96.6 cm³/mol. The van der Waals surface area contributed by atoms with Gasteiger partial charge in [0.05, 0.1) is 18.5 Å². The molecule has 3 N–H and O–H groups in total. The Morgan fingerprint density at radius 3 is 2.92 bits per heavy atom. The van der Waals surface area contributed by atoms with Gasteiger partial charge in [0.15, 0.2) is 11.2 Å². The normalized spacial score (nSPS) is 13.6. The first-order chi connectivity index (χ1) is 12.6. The highest BCUT2D eigenvalue weighted by Crippen LogP contribution is 2.25. The van der Waals surface area contributed by atoms with Crippen LogP contribution < -0.4 is 15.8 Å². The van der Waals surface area contributed by atoms with Crippen LogP contribution in [0.3, 0.4) is 0 Å². The van der Waals surface area contributed by atoms with Crippen molar-refractivity contribution in [2.45, 2.75) is 25.8 Å². The molecule has 2 aromatic heterocycles. The summed E-state index contributed by atoms with van der Waals surface area (Å²) in [5.41, 5.74) is 8.47. The van der Waals surface area contributed by atoms with E-state index in [4.69, 9.17) is 10.5 Å².